The molecule has 1 amide bonds. The first-order valence-electron chi connectivity index (χ1n) is 7.61. The number of rotatable bonds is 3. The quantitative estimate of drug-likeness (QED) is 0.864. The fourth-order valence-corrected chi connectivity index (χ4v) is 3.05. The van der Waals surface area contributed by atoms with Crippen LogP contribution in [0.25, 0.3) is 11.1 Å². The van der Waals surface area contributed by atoms with E-state index in [-0.39, 0.29) is 11.8 Å². The molecule has 0 saturated carbocycles. The Hall–Kier alpha value is -2.29. The van der Waals surface area contributed by atoms with E-state index in [9.17, 15) is 4.79 Å². The van der Waals surface area contributed by atoms with Crippen molar-refractivity contribution in [2.24, 2.45) is 0 Å². The molecule has 0 radical (unpaired) electrons. The number of methoxy groups -OCH3 is 1. The first kappa shape index (κ1) is 14.6. The fraction of sp³-hybridized carbons (Fsp3) is 0.316. The largest absolute Gasteiger partial charge is 0.497 e. The zero-order chi connectivity index (χ0) is 15.7. The third-order valence-corrected chi connectivity index (χ3v) is 4.60. The van der Waals surface area contributed by atoms with Gasteiger partial charge in [0.1, 0.15) is 5.75 Å². The molecule has 3 heteroatoms. The number of likely N-dealkylation sites (tertiary alicyclic amines) is 1. The molecule has 0 aliphatic carbocycles. The van der Waals surface area contributed by atoms with Crippen LogP contribution >= 0.6 is 0 Å². The zero-order valence-electron chi connectivity index (χ0n) is 13.2. The Morgan fingerprint density at radius 3 is 2.41 bits per heavy atom. The number of hydrogen-bond donors (Lipinski definition) is 0. The maximum absolute atomic E-state index is 12.3. The van der Waals surface area contributed by atoms with Crippen LogP contribution in [0.2, 0.25) is 0 Å². The Labute approximate surface area is 131 Å². The van der Waals surface area contributed by atoms with Gasteiger partial charge in [0, 0.05) is 13.1 Å². The topological polar surface area (TPSA) is 29.5 Å². The van der Waals surface area contributed by atoms with Gasteiger partial charge in [-0.15, -0.1) is 0 Å². The summed E-state index contributed by atoms with van der Waals surface area (Å²) in [6.07, 6.45) is 0.897. The van der Waals surface area contributed by atoms with Gasteiger partial charge in [-0.25, -0.2) is 0 Å². The number of benzene rings is 2. The summed E-state index contributed by atoms with van der Waals surface area (Å²) in [6.45, 7) is 2.10. The van der Waals surface area contributed by atoms with E-state index in [2.05, 4.69) is 37.3 Å². The number of hydrogen-bond acceptors (Lipinski definition) is 2. The smallest absolute Gasteiger partial charge is 0.230 e. The van der Waals surface area contributed by atoms with E-state index in [4.69, 9.17) is 4.74 Å². The van der Waals surface area contributed by atoms with Gasteiger partial charge < -0.3 is 9.64 Å². The van der Waals surface area contributed by atoms with Crippen LogP contribution in [0.5, 0.6) is 5.75 Å². The van der Waals surface area contributed by atoms with Gasteiger partial charge in [0.05, 0.1) is 13.0 Å². The summed E-state index contributed by atoms with van der Waals surface area (Å²) in [5.41, 5.74) is 3.36. The van der Waals surface area contributed by atoms with Crippen molar-refractivity contribution < 1.29 is 9.53 Å². The van der Waals surface area contributed by atoms with Crippen molar-refractivity contribution in [3.63, 3.8) is 0 Å². The predicted octanol–water partition coefficient (Wildman–Crippen LogP) is 3.70. The van der Waals surface area contributed by atoms with E-state index in [0.29, 0.717) is 6.04 Å². The summed E-state index contributed by atoms with van der Waals surface area (Å²) in [5.74, 6) is 1.07. The third kappa shape index (κ3) is 2.59. The molecule has 114 valence electrons. The summed E-state index contributed by atoms with van der Waals surface area (Å²) < 4.78 is 5.27. The Kier molecular flexibility index (Phi) is 3.88. The highest BCUT2D eigenvalue weighted by molar-refractivity contribution is 5.86. The number of carbonyl (C=O) groups is 1. The van der Waals surface area contributed by atoms with E-state index in [0.717, 1.165) is 28.9 Å². The summed E-state index contributed by atoms with van der Waals surface area (Å²) in [4.78, 5) is 14.1. The average Bonchev–Trinajstić information content (AvgIpc) is 2.82. The molecule has 2 aromatic carbocycles. The second kappa shape index (κ2) is 5.84. The molecule has 1 heterocycles. The lowest BCUT2D eigenvalue weighted by atomic mass is 9.94. The van der Waals surface area contributed by atoms with Gasteiger partial charge >= 0.3 is 0 Å². The minimum absolute atomic E-state index is 0.000593. The van der Waals surface area contributed by atoms with E-state index in [1.807, 2.05) is 30.1 Å². The highest BCUT2D eigenvalue weighted by Gasteiger charge is 2.35. The summed E-state index contributed by atoms with van der Waals surface area (Å²) in [5, 5.41) is 0. The van der Waals surface area contributed by atoms with Crippen LogP contribution in [0, 0.1) is 0 Å². The van der Waals surface area contributed by atoms with Crippen LogP contribution in [-0.4, -0.2) is 31.0 Å². The van der Waals surface area contributed by atoms with E-state index < -0.39 is 0 Å². The zero-order valence-corrected chi connectivity index (χ0v) is 13.2. The SMILES string of the molecule is COc1cccc(-c2ccc(C3CC(C)N(C)C3=O)cc2)c1. The van der Waals surface area contributed by atoms with Crippen molar-refractivity contribution in [1.29, 1.82) is 0 Å². The first-order valence-corrected chi connectivity index (χ1v) is 7.61. The van der Waals surface area contributed by atoms with E-state index >= 15 is 0 Å². The van der Waals surface area contributed by atoms with Crippen molar-refractivity contribution in [3.05, 3.63) is 54.1 Å². The average molecular weight is 295 g/mol. The molecule has 1 aliphatic heterocycles. The minimum atomic E-state index is -0.000593. The molecule has 3 nitrogen and oxygen atoms in total. The van der Waals surface area contributed by atoms with Gasteiger partial charge in [0.15, 0.2) is 0 Å². The molecule has 1 fully saturated rings. The van der Waals surface area contributed by atoms with Crippen molar-refractivity contribution >= 4 is 5.91 Å². The standard InChI is InChI=1S/C19H21NO2/c1-13-11-18(19(21)20(13)2)15-9-7-14(8-10-15)16-5-4-6-17(12-16)22-3/h4-10,12-13,18H,11H2,1-3H3. The van der Waals surface area contributed by atoms with Crippen LogP contribution in [0.15, 0.2) is 48.5 Å². The number of amides is 1. The molecule has 2 unspecified atom stereocenters. The van der Waals surface area contributed by atoms with E-state index in [1.165, 1.54) is 0 Å². The first-order chi connectivity index (χ1) is 10.6. The van der Waals surface area contributed by atoms with Crippen molar-refractivity contribution in [3.8, 4) is 16.9 Å². The number of ether oxygens (including phenoxy) is 1. The number of likely N-dealkylation sites (N-methyl/N-ethyl adjacent to an activating group) is 1. The maximum atomic E-state index is 12.3. The Morgan fingerprint density at radius 2 is 1.82 bits per heavy atom. The third-order valence-electron chi connectivity index (χ3n) is 4.60. The van der Waals surface area contributed by atoms with Crippen molar-refractivity contribution in [2.75, 3.05) is 14.2 Å². The molecule has 1 saturated heterocycles. The molecular weight excluding hydrogens is 274 g/mol. The van der Waals surface area contributed by atoms with Crippen LogP contribution in [0.1, 0.15) is 24.8 Å². The van der Waals surface area contributed by atoms with Gasteiger partial charge in [0.2, 0.25) is 5.91 Å². The molecule has 3 rings (SSSR count). The molecule has 2 aromatic rings. The highest BCUT2D eigenvalue weighted by Crippen LogP contribution is 2.33. The summed E-state index contributed by atoms with van der Waals surface area (Å²) in [6, 6.07) is 16.6. The Balaban J connectivity index is 1.85. The van der Waals surface area contributed by atoms with Crippen LogP contribution < -0.4 is 4.74 Å². The minimum Gasteiger partial charge on any atom is -0.497 e. The highest BCUT2D eigenvalue weighted by atomic mass is 16.5. The van der Waals surface area contributed by atoms with Gasteiger partial charge in [-0.1, -0.05) is 36.4 Å². The summed E-state index contributed by atoms with van der Waals surface area (Å²) in [7, 11) is 3.56. The van der Waals surface area contributed by atoms with Gasteiger partial charge in [-0.3, -0.25) is 4.79 Å². The second-order valence-corrected chi connectivity index (χ2v) is 5.94. The lowest BCUT2D eigenvalue weighted by Crippen LogP contribution is -2.27. The second-order valence-electron chi connectivity index (χ2n) is 5.94. The lowest BCUT2D eigenvalue weighted by molar-refractivity contribution is -0.128. The molecule has 2 atom stereocenters. The predicted molar refractivity (Wildman–Crippen MR) is 88.0 cm³/mol. The Morgan fingerprint density at radius 1 is 1.09 bits per heavy atom. The van der Waals surface area contributed by atoms with Crippen molar-refractivity contribution in [1.82, 2.24) is 4.90 Å². The van der Waals surface area contributed by atoms with Gasteiger partial charge in [-0.05, 0) is 42.2 Å². The van der Waals surface area contributed by atoms with Gasteiger partial charge in [-0.2, -0.15) is 0 Å². The molecule has 0 bridgehead atoms. The Bertz CT molecular complexity index is 678. The molecule has 0 spiro atoms. The maximum Gasteiger partial charge on any atom is 0.230 e. The summed E-state index contributed by atoms with van der Waals surface area (Å²) >= 11 is 0. The molecule has 1 aliphatic rings. The fourth-order valence-electron chi connectivity index (χ4n) is 3.05. The molecule has 22 heavy (non-hydrogen) atoms. The number of nitrogens with zero attached hydrogens (tertiary/aromatic N) is 1. The van der Waals surface area contributed by atoms with Crippen LogP contribution in [-0.2, 0) is 4.79 Å². The lowest BCUT2D eigenvalue weighted by Gasteiger charge is -2.14. The van der Waals surface area contributed by atoms with Crippen LogP contribution in [0.4, 0.5) is 0 Å². The normalized spacial score (nSPS) is 21.2. The molecule has 0 aromatic heterocycles. The monoisotopic (exact) mass is 295 g/mol. The van der Waals surface area contributed by atoms with Crippen LogP contribution in [0.3, 0.4) is 0 Å². The van der Waals surface area contributed by atoms with E-state index in [1.54, 1.807) is 7.11 Å². The van der Waals surface area contributed by atoms with Gasteiger partial charge in [0.25, 0.3) is 0 Å². The molecule has 0 N–H and O–H groups in total. The number of carbonyl (C=O) groups excluding carboxylic acids is 1. The van der Waals surface area contributed by atoms with Crippen molar-refractivity contribution in [2.45, 2.75) is 25.3 Å². The molecular formula is C19H21NO2.